The number of rotatable bonds is 6. The van der Waals surface area contributed by atoms with Crippen molar-refractivity contribution in [3.05, 3.63) is 42.0 Å². The van der Waals surface area contributed by atoms with Crippen molar-refractivity contribution in [1.82, 2.24) is 24.9 Å². The van der Waals surface area contributed by atoms with Gasteiger partial charge in [-0.1, -0.05) is 30.5 Å². The summed E-state index contributed by atoms with van der Waals surface area (Å²) in [6, 6.07) is 4.16. The molecule has 2 aromatic heterocycles. The first kappa shape index (κ1) is 16.6. The van der Waals surface area contributed by atoms with Crippen molar-refractivity contribution in [3.8, 4) is 0 Å². The predicted molar refractivity (Wildman–Crippen MR) is 90.1 cm³/mol. The molecule has 24 heavy (non-hydrogen) atoms. The second kappa shape index (κ2) is 8.01. The smallest absolute Gasteiger partial charge is 0.276 e. The molecular formula is C17H24N6O. The van der Waals surface area contributed by atoms with E-state index in [9.17, 15) is 4.79 Å². The maximum Gasteiger partial charge on any atom is 0.276 e. The third-order valence-electron chi connectivity index (χ3n) is 4.47. The molecule has 0 unspecified atom stereocenters. The number of hydrogen-bond donors (Lipinski definition) is 1. The first-order valence-corrected chi connectivity index (χ1v) is 8.58. The van der Waals surface area contributed by atoms with Crippen molar-refractivity contribution >= 4 is 5.91 Å². The van der Waals surface area contributed by atoms with Crippen LogP contribution in [0.25, 0.3) is 0 Å². The summed E-state index contributed by atoms with van der Waals surface area (Å²) in [6.45, 7) is 1.59. The van der Waals surface area contributed by atoms with Crippen molar-refractivity contribution in [2.45, 2.75) is 51.2 Å². The fraction of sp³-hybridized carbons (Fsp3) is 0.529. The molecule has 3 rings (SSSR count). The molecule has 0 bridgehead atoms. The van der Waals surface area contributed by atoms with E-state index in [1.54, 1.807) is 17.1 Å². The van der Waals surface area contributed by atoms with Crippen LogP contribution in [0.2, 0.25) is 0 Å². The van der Waals surface area contributed by atoms with Gasteiger partial charge in [0, 0.05) is 31.5 Å². The Morgan fingerprint density at radius 1 is 1.33 bits per heavy atom. The average molecular weight is 328 g/mol. The summed E-state index contributed by atoms with van der Waals surface area (Å²) in [7, 11) is 0. The Balaban J connectivity index is 1.80. The number of nitrogens with two attached hydrogens (primary N) is 1. The van der Waals surface area contributed by atoms with E-state index in [0.717, 1.165) is 18.4 Å². The van der Waals surface area contributed by atoms with Crippen LogP contribution < -0.4 is 5.73 Å². The molecule has 1 amide bonds. The summed E-state index contributed by atoms with van der Waals surface area (Å²) in [5, 5.41) is 8.03. The predicted octanol–water partition coefficient (Wildman–Crippen LogP) is 1.61. The molecule has 1 aliphatic rings. The summed E-state index contributed by atoms with van der Waals surface area (Å²) in [6.07, 6.45) is 10.9. The van der Waals surface area contributed by atoms with E-state index in [4.69, 9.17) is 5.73 Å². The summed E-state index contributed by atoms with van der Waals surface area (Å²) in [4.78, 5) is 19.1. The lowest BCUT2D eigenvalue weighted by Gasteiger charge is -2.34. The molecule has 7 heteroatoms. The average Bonchev–Trinajstić information content (AvgIpc) is 3.10. The van der Waals surface area contributed by atoms with Crippen molar-refractivity contribution in [1.29, 1.82) is 0 Å². The van der Waals surface area contributed by atoms with Gasteiger partial charge in [0.2, 0.25) is 0 Å². The lowest BCUT2D eigenvalue weighted by atomic mass is 9.93. The number of carbonyl (C=O) groups excluding carboxylic acids is 1. The van der Waals surface area contributed by atoms with Gasteiger partial charge in [0.25, 0.3) is 5.91 Å². The number of nitrogens with zero attached hydrogens (tertiary/aromatic N) is 5. The molecule has 2 aromatic rings. The minimum absolute atomic E-state index is 0.0611. The van der Waals surface area contributed by atoms with Crippen molar-refractivity contribution in [3.63, 3.8) is 0 Å². The van der Waals surface area contributed by atoms with Gasteiger partial charge in [0.05, 0.1) is 12.7 Å². The summed E-state index contributed by atoms with van der Waals surface area (Å²) in [5.41, 5.74) is 6.95. The maximum absolute atomic E-state index is 13.0. The molecule has 1 fully saturated rings. The number of aromatic nitrogens is 4. The van der Waals surface area contributed by atoms with Crippen LogP contribution in [0.1, 0.15) is 48.2 Å². The van der Waals surface area contributed by atoms with Gasteiger partial charge in [0.1, 0.15) is 0 Å². The Labute approximate surface area is 141 Å². The van der Waals surface area contributed by atoms with Crippen LogP contribution in [0.15, 0.2) is 30.7 Å². The standard InChI is InChI=1S/C17H24N6O/c18-8-10-22-13-16(20-21-22)17(24)23(15-6-2-1-3-7-15)12-14-5-4-9-19-11-14/h4-5,9,11,13,15H,1-3,6-8,10,12,18H2. The van der Waals surface area contributed by atoms with Gasteiger partial charge in [0.15, 0.2) is 5.69 Å². The molecule has 7 nitrogen and oxygen atoms in total. The minimum Gasteiger partial charge on any atom is -0.330 e. The van der Waals surface area contributed by atoms with Crippen LogP contribution in [0.4, 0.5) is 0 Å². The monoisotopic (exact) mass is 328 g/mol. The van der Waals surface area contributed by atoms with Crippen LogP contribution in [-0.2, 0) is 13.1 Å². The molecule has 2 N–H and O–H groups in total. The van der Waals surface area contributed by atoms with Crippen LogP contribution in [0.3, 0.4) is 0 Å². The van der Waals surface area contributed by atoms with E-state index in [0.29, 0.717) is 25.3 Å². The van der Waals surface area contributed by atoms with Crippen LogP contribution >= 0.6 is 0 Å². The van der Waals surface area contributed by atoms with Crippen LogP contribution in [0, 0.1) is 0 Å². The fourth-order valence-electron chi connectivity index (χ4n) is 3.23. The van der Waals surface area contributed by atoms with E-state index in [-0.39, 0.29) is 11.9 Å². The Kier molecular flexibility index (Phi) is 5.53. The van der Waals surface area contributed by atoms with Gasteiger partial charge in [-0.15, -0.1) is 5.10 Å². The summed E-state index contributed by atoms with van der Waals surface area (Å²) >= 11 is 0. The second-order valence-electron chi connectivity index (χ2n) is 6.24. The Hall–Kier alpha value is -2.28. The molecule has 0 aromatic carbocycles. The molecule has 0 atom stereocenters. The molecule has 0 radical (unpaired) electrons. The lowest BCUT2D eigenvalue weighted by molar-refractivity contribution is 0.0608. The topological polar surface area (TPSA) is 89.9 Å². The normalized spacial score (nSPS) is 15.4. The molecule has 0 saturated heterocycles. The van der Waals surface area contributed by atoms with Crippen LogP contribution in [0.5, 0.6) is 0 Å². The van der Waals surface area contributed by atoms with Gasteiger partial charge in [-0.3, -0.25) is 14.5 Å². The molecule has 2 heterocycles. The Bertz CT molecular complexity index is 650. The number of carbonyl (C=O) groups is 1. The SMILES string of the molecule is NCCn1cc(C(=O)N(Cc2cccnc2)C2CCCCC2)nn1. The van der Waals surface area contributed by atoms with E-state index in [1.165, 1.54) is 19.3 Å². The largest absolute Gasteiger partial charge is 0.330 e. The number of hydrogen-bond acceptors (Lipinski definition) is 5. The zero-order chi connectivity index (χ0) is 16.8. The highest BCUT2D eigenvalue weighted by molar-refractivity contribution is 5.92. The maximum atomic E-state index is 13.0. The highest BCUT2D eigenvalue weighted by Gasteiger charge is 2.28. The van der Waals surface area contributed by atoms with E-state index in [2.05, 4.69) is 15.3 Å². The molecule has 1 saturated carbocycles. The van der Waals surface area contributed by atoms with Gasteiger partial charge < -0.3 is 10.6 Å². The van der Waals surface area contributed by atoms with E-state index < -0.39 is 0 Å². The van der Waals surface area contributed by atoms with Gasteiger partial charge in [-0.2, -0.15) is 0 Å². The fourth-order valence-corrected chi connectivity index (χ4v) is 3.23. The highest BCUT2D eigenvalue weighted by Crippen LogP contribution is 2.25. The first-order valence-electron chi connectivity index (χ1n) is 8.58. The van der Waals surface area contributed by atoms with E-state index in [1.807, 2.05) is 23.2 Å². The molecule has 128 valence electrons. The van der Waals surface area contributed by atoms with Crippen molar-refractivity contribution in [2.75, 3.05) is 6.54 Å². The zero-order valence-electron chi connectivity index (χ0n) is 13.8. The molecule has 0 aliphatic heterocycles. The minimum atomic E-state index is -0.0611. The molecule has 1 aliphatic carbocycles. The number of pyridine rings is 1. The van der Waals surface area contributed by atoms with Gasteiger partial charge >= 0.3 is 0 Å². The number of amides is 1. The second-order valence-corrected chi connectivity index (χ2v) is 6.24. The summed E-state index contributed by atoms with van der Waals surface area (Å²) in [5.74, 6) is -0.0611. The quantitative estimate of drug-likeness (QED) is 0.870. The first-order chi connectivity index (χ1) is 11.8. The summed E-state index contributed by atoms with van der Waals surface area (Å²) < 4.78 is 1.62. The van der Waals surface area contributed by atoms with E-state index >= 15 is 0 Å². The Morgan fingerprint density at radius 2 is 2.17 bits per heavy atom. The molecule has 0 spiro atoms. The van der Waals surface area contributed by atoms with Crippen LogP contribution in [-0.4, -0.2) is 43.4 Å². The van der Waals surface area contributed by atoms with Crippen molar-refractivity contribution in [2.24, 2.45) is 5.73 Å². The highest BCUT2D eigenvalue weighted by atomic mass is 16.2. The van der Waals surface area contributed by atoms with Gasteiger partial charge in [-0.25, -0.2) is 0 Å². The third kappa shape index (κ3) is 3.97. The lowest BCUT2D eigenvalue weighted by Crippen LogP contribution is -2.41. The Morgan fingerprint density at radius 3 is 2.88 bits per heavy atom. The third-order valence-corrected chi connectivity index (χ3v) is 4.47. The van der Waals surface area contributed by atoms with Gasteiger partial charge in [-0.05, 0) is 24.5 Å². The molecular weight excluding hydrogens is 304 g/mol. The zero-order valence-corrected chi connectivity index (χ0v) is 13.8. The van der Waals surface area contributed by atoms with Crippen molar-refractivity contribution < 1.29 is 4.79 Å².